The second kappa shape index (κ2) is 7.02. The molecule has 1 amide bonds. The monoisotopic (exact) mass is 282 g/mol. The average Bonchev–Trinajstić information content (AvgIpc) is 2.48. The molecule has 1 unspecified atom stereocenters. The van der Waals surface area contributed by atoms with Crippen LogP contribution in [0.1, 0.15) is 48.6 Å². The quantitative estimate of drug-likeness (QED) is 0.911. The molecule has 110 valence electrons. The maximum atomic E-state index is 11.5. The Labute approximate surface area is 126 Å². The molecule has 1 atom stereocenters. The zero-order valence-electron chi connectivity index (χ0n) is 12.9. The molecule has 0 radical (unpaired) electrons. The van der Waals surface area contributed by atoms with Gasteiger partial charge in [0.05, 0.1) is 6.04 Å². The van der Waals surface area contributed by atoms with E-state index in [4.69, 9.17) is 0 Å². The van der Waals surface area contributed by atoms with Gasteiger partial charge in [0.15, 0.2) is 0 Å². The van der Waals surface area contributed by atoms with Gasteiger partial charge in [0.1, 0.15) is 0 Å². The Balaban J connectivity index is 2.12. The first-order chi connectivity index (χ1) is 10.1. The maximum absolute atomic E-state index is 11.5. The number of pyridine rings is 1. The highest BCUT2D eigenvalue weighted by atomic mass is 16.1. The number of nitrogens with one attached hydrogen (secondary N) is 1. The molecule has 3 heteroatoms. The molecule has 2 aromatic rings. The van der Waals surface area contributed by atoms with E-state index >= 15 is 0 Å². The molecule has 1 heterocycles. The van der Waals surface area contributed by atoms with Crippen LogP contribution in [-0.2, 0) is 11.2 Å². The van der Waals surface area contributed by atoms with Crippen molar-refractivity contribution in [3.05, 3.63) is 65.0 Å². The van der Waals surface area contributed by atoms with Crippen LogP contribution in [0.15, 0.2) is 42.7 Å². The molecule has 0 aliphatic rings. The average molecular weight is 282 g/mol. The third-order valence-corrected chi connectivity index (χ3v) is 3.63. The maximum Gasteiger partial charge on any atom is 0.220 e. The fraction of sp³-hybridized carbons (Fsp3) is 0.333. The van der Waals surface area contributed by atoms with E-state index in [9.17, 15) is 4.79 Å². The number of benzene rings is 1. The van der Waals surface area contributed by atoms with Crippen molar-refractivity contribution in [1.82, 2.24) is 10.3 Å². The lowest BCUT2D eigenvalue weighted by molar-refractivity contribution is -0.121. The highest BCUT2D eigenvalue weighted by molar-refractivity contribution is 5.76. The second-order valence-electron chi connectivity index (χ2n) is 5.37. The number of carbonyl (C=O) groups excluding carboxylic acids is 1. The Hall–Kier alpha value is -2.16. The van der Waals surface area contributed by atoms with Gasteiger partial charge in [0, 0.05) is 18.8 Å². The van der Waals surface area contributed by atoms with Crippen molar-refractivity contribution in [2.45, 2.75) is 39.7 Å². The highest BCUT2D eigenvalue weighted by Crippen LogP contribution is 2.20. The molecular formula is C18H22N2O. The SMILES string of the molecule is CCC(=O)NC(C)c1ccc(Cc2cccnc2)cc1C. The first-order valence-corrected chi connectivity index (χ1v) is 7.38. The summed E-state index contributed by atoms with van der Waals surface area (Å²) in [6.45, 7) is 5.99. The molecule has 0 spiro atoms. The molecule has 2 rings (SSSR count). The third kappa shape index (κ3) is 4.15. The normalized spacial score (nSPS) is 12.0. The molecule has 0 saturated carbocycles. The lowest BCUT2D eigenvalue weighted by atomic mass is 9.97. The van der Waals surface area contributed by atoms with E-state index in [2.05, 4.69) is 41.5 Å². The van der Waals surface area contributed by atoms with Crippen molar-refractivity contribution in [2.24, 2.45) is 0 Å². The molecule has 3 nitrogen and oxygen atoms in total. The summed E-state index contributed by atoms with van der Waals surface area (Å²) in [5.41, 5.74) is 4.85. The van der Waals surface area contributed by atoms with Crippen LogP contribution in [0, 0.1) is 6.92 Å². The van der Waals surface area contributed by atoms with Gasteiger partial charge in [-0.05, 0) is 48.6 Å². The van der Waals surface area contributed by atoms with Crippen LogP contribution in [0.2, 0.25) is 0 Å². The second-order valence-corrected chi connectivity index (χ2v) is 5.37. The largest absolute Gasteiger partial charge is 0.350 e. The Morgan fingerprint density at radius 3 is 2.71 bits per heavy atom. The zero-order valence-corrected chi connectivity index (χ0v) is 12.9. The van der Waals surface area contributed by atoms with Crippen LogP contribution in [0.25, 0.3) is 0 Å². The molecule has 0 aliphatic heterocycles. The van der Waals surface area contributed by atoms with Crippen LogP contribution in [0.4, 0.5) is 0 Å². The van der Waals surface area contributed by atoms with Crippen molar-refractivity contribution in [3.63, 3.8) is 0 Å². The molecule has 0 fully saturated rings. The third-order valence-electron chi connectivity index (χ3n) is 3.63. The topological polar surface area (TPSA) is 42.0 Å². The van der Waals surface area contributed by atoms with Gasteiger partial charge in [-0.1, -0.05) is 31.2 Å². The van der Waals surface area contributed by atoms with Crippen LogP contribution in [0.5, 0.6) is 0 Å². The summed E-state index contributed by atoms with van der Waals surface area (Å²) in [6, 6.07) is 10.5. The van der Waals surface area contributed by atoms with Gasteiger partial charge in [0.25, 0.3) is 0 Å². The Morgan fingerprint density at radius 1 is 1.29 bits per heavy atom. The van der Waals surface area contributed by atoms with Crippen molar-refractivity contribution in [1.29, 1.82) is 0 Å². The van der Waals surface area contributed by atoms with Crippen molar-refractivity contribution in [3.8, 4) is 0 Å². The summed E-state index contributed by atoms with van der Waals surface area (Å²) < 4.78 is 0. The molecule has 1 aromatic heterocycles. The molecule has 0 saturated heterocycles. The van der Waals surface area contributed by atoms with Crippen LogP contribution in [-0.4, -0.2) is 10.9 Å². The summed E-state index contributed by atoms with van der Waals surface area (Å²) in [7, 11) is 0. The van der Waals surface area contributed by atoms with Crippen molar-refractivity contribution < 1.29 is 4.79 Å². The number of hydrogen-bond donors (Lipinski definition) is 1. The molecule has 1 N–H and O–H groups in total. The van der Waals surface area contributed by atoms with E-state index in [1.165, 1.54) is 22.3 Å². The lowest BCUT2D eigenvalue weighted by Gasteiger charge is -2.17. The standard InChI is InChI=1S/C18H22N2O/c1-4-18(21)20-14(3)17-8-7-15(10-13(17)2)11-16-6-5-9-19-12-16/h5-10,12,14H,4,11H2,1-3H3,(H,20,21). The summed E-state index contributed by atoms with van der Waals surface area (Å²) in [5.74, 6) is 0.0846. The Kier molecular flexibility index (Phi) is 5.09. The molecule has 1 aromatic carbocycles. The summed E-state index contributed by atoms with van der Waals surface area (Å²) >= 11 is 0. The number of aromatic nitrogens is 1. The highest BCUT2D eigenvalue weighted by Gasteiger charge is 2.11. The van der Waals surface area contributed by atoms with E-state index in [-0.39, 0.29) is 11.9 Å². The smallest absolute Gasteiger partial charge is 0.220 e. The van der Waals surface area contributed by atoms with Crippen LogP contribution < -0.4 is 5.32 Å². The van der Waals surface area contributed by atoms with Crippen LogP contribution >= 0.6 is 0 Å². The van der Waals surface area contributed by atoms with E-state index in [0.29, 0.717) is 6.42 Å². The van der Waals surface area contributed by atoms with Crippen molar-refractivity contribution in [2.75, 3.05) is 0 Å². The summed E-state index contributed by atoms with van der Waals surface area (Å²) in [5, 5.41) is 3.01. The fourth-order valence-electron chi connectivity index (χ4n) is 2.49. The number of carbonyl (C=O) groups is 1. The predicted molar refractivity (Wildman–Crippen MR) is 85.1 cm³/mol. The van der Waals surface area contributed by atoms with Gasteiger partial charge in [-0.15, -0.1) is 0 Å². The molecular weight excluding hydrogens is 260 g/mol. The van der Waals surface area contributed by atoms with E-state index in [1.54, 1.807) is 6.20 Å². The minimum Gasteiger partial charge on any atom is -0.350 e. The predicted octanol–water partition coefficient (Wildman–Crippen LogP) is 3.57. The Morgan fingerprint density at radius 2 is 2.10 bits per heavy atom. The van der Waals surface area contributed by atoms with Gasteiger partial charge < -0.3 is 5.32 Å². The van der Waals surface area contributed by atoms with Crippen LogP contribution in [0.3, 0.4) is 0 Å². The summed E-state index contributed by atoms with van der Waals surface area (Å²) in [6.07, 6.45) is 5.08. The first-order valence-electron chi connectivity index (χ1n) is 7.38. The molecule has 0 aliphatic carbocycles. The van der Waals surface area contributed by atoms with Gasteiger partial charge in [0.2, 0.25) is 5.91 Å². The van der Waals surface area contributed by atoms with Gasteiger partial charge in [-0.25, -0.2) is 0 Å². The molecule has 21 heavy (non-hydrogen) atoms. The minimum atomic E-state index is 0.0462. The zero-order chi connectivity index (χ0) is 15.2. The number of hydrogen-bond acceptors (Lipinski definition) is 2. The van der Waals surface area contributed by atoms with Gasteiger partial charge in [-0.2, -0.15) is 0 Å². The summed E-state index contributed by atoms with van der Waals surface area (Å²) in [4.78, 5) is 15.6. The Bertz CT molecular complexity index is 608. The van der Waals surface area contributed by atoms with Gasteiger partial charge in [-0.3, -0.25) is 9.78 Å². The number of rotatable bonds is 5. The lowest BCUT2D eigenvalue weighted by Crippen LogP contribution is -2.26. The minimum absolute atomic E-state index is 0.0462. The number of aryl methyl sites for hydroxylation is 1. The number of amides is 1. The fourth-order valence-corrected chi connectivity index (χ4v) is 2.49. The van der Waals surface area contributed by atoms with Gasteiger partial charge >= 0.3 is 0 Å². The first kappa shape index (κ1) is 15.2. The van der Waals surface area contributed by atoms with Crippen molar-refractivity contribution >= 4 is 5.91 Å². The number of nitrogens with zero attached hydrogens (tertiary/aromatic N) is 1. The molecule has 0 bridgehead atoms. The van der Waals surface area contributed by atoms with E-state index in [0.717, 1.165) is 6.42 Å². The van der Waals surface area contributed by atoms with E-state index < -0.39 is 0 Å². The van der Waals surface area contributed by atoms with E-state index in [1.807, 2.05) is 26.1 Å².